The van der Waals surface area contributed by atoms with Crippen molar-refractivity contribution in [1.29, 1.82) is 0 Å². The summed E-state index contributed by atoms with van der Waals surface area (Å²) in [6, 6.07) is 6.91. The Bertz CT molecular complexity index is 597. The molecule has 1 heterocycles. The van der Waals surface area contributed by atoms with Crippen molar-refractivity contribution in [2.24, 2.45) is 5.92 Å². The van der Waals surface area contributed by atoms with Crippen molar-refractivity contribution in [1.82, 2.24) is 0 Å². The van der Waals surface area contributed by atoms with E-state index in [0.29, 0.717) is 17.1 Å². The Morgan fingerprint density at radius 1 is 1.35 bits per heavy atom. The zero-order valence-electron chi connectivity index (χ0n) is 11.7. The van der Waals surface area contributed by atoms with Crippen LogP contribution in [0.15, 0.2) is 29.2 Å². The van der Waals surface area contributed by atoms with Crippen LogP contribution >= 0.6 is 0 Å². The van der Waals surface area contributed by atoms with E-state index in [1.807, 2.05) is 11.0 Å². The van der Waals surface area contributed by atoms with Crippen molar-refractivity contribution < 1.29 is 17.9 Å². The summed E-state index contributed by atoms with van der Waals surface area (Å²) in [4.78, 5) is 13.9. The number of nitrogens with zero attached hydrogens (tertiary/aromatic N) is 1. The number of carbonyl (C=O) groups is 1. The lowest BCUT2D eigenvalue weighted by atomic mass is 9.98. The van der Waals surface area contributed by atoms with Gasteiger partial charge in [0.15, 0.2) is 9.84 Å². The largest absolute Gasteiger partial charge is 0.469 e. The van der Waals surface area contributed by atoms with E-state index in [9.17, 15) is 13.2 Å². The van der Waals surface area contributed by atoms with Crippen molar-refractivity contribution in [2.75, 3.05) is 31.4 Å². The third kappa shape index (κ3) is 3.12. The van der Waals surface area contributed by atoms with Gasteiger partial charge in [-0.1, -0.05) is 12.1 Å². The molecule has 0 unspecified atom stereocenters. The fourth-order valence-electron chi connectivity index (χ4n) is 2.59. The summed E-state index contributed by atoms with van der Waals surface area (Å²) in [6.07, 6.45) is 2.83. The number of hydrogen-bond donors (Lipinski definition) is 0. The van der Waals surface area contributed by atoms with Crippen LogP contribution in [0.1, 0.15) is 12.8 Å². The van der Waals surface area contributed by atoms with Crippen LogP contribution in [0.5, 0.6) is 0 Å². The molecule has 0 radical (unpaired) electrons. The highest BCUT2D eigenvalue weighted by Crippen LogP contribution is 2.29. The van der Waals surface area contributed by atoms with Gasteiger partial charge >= 0.3 is 5.97 Å². The van der Waals surface area contributed by atoms with Gasteiger partial charge in [0.1, 0.15) is 0 Å². The first-order chi connectivity index (χ1) is 9.43. The number of carbonyl (C=O) groups excluding carboxylic acids is 1. The molecule has 5 nitrogen and oxygen atoms in total. The molecule has 6 heteroatoms. The van der Waals surface area contributed by atoms with E-state index in [-0.39, 0.29) is 11.9 Å². The first kappa shape index (κ1) is 14.8. The minimum atomic E-state index is -3.28. The van der Waals surface area contributed by atoms with Crippen LogP contribution in [0, 0.1) is 5.92 Å². The molecule has 0 aliphatic carbocycles. The van der Waals surface area contributed by atoms with Gasteiger partial charge in [-0.3, -0.25) is 4.79 Å². The van der Waals surface area contributed by atoms with Gasteiger partial charge in [-0.05, 0) is 25.0 Å². The molecule has 1 saturated heterocycles. The maximum atomic E-state index is 11.8. The third-order valence-corrected chi connectivity index (χ3v) is 4.71. The Morgan fingerprint density at radius 2 is 2.05 bits per heavy atom. The van der Waals surface area contributed by atoms with Crippen LogP contribution in [0.2, 0.25) is 0 Å². The number of rotatable bonds is 3. The molecule has 0 spiro atoms. The van der Waals surface area contributed by atoms with E-state index in [1.54, 1.807) is 18.2 Å². The zero-order valence-corrected chi connectivity index (χ0v) is 12.5. The molecule has 2 rings (SSSR count). The van der Waals surface area contributed by atoms with E-state index in [1.165, 1.54) is 13.4 Å². The Kier molecular flexibility index (Phi) is 4.32. The molecule has 0 amide bonds. The molecule has 1 aromatic rings. The summed E-state index contributed by atoms with van der Waals surface area (Å²) in [7, 11) is -1.90. The Morgan fingerprint density at radius 3 is 2.70 bits per heavy atom. The molecule has 110 valence electrons. The quantitative estimate of drug-likeness (QED) is 0.791. The zero-order chi connectivity index (χ0) is 14.8. The monoisotopic (exact) mass is 297 g/mol. The Balaban J connectivity index is 2.30. The van der Waals surface area contributed by atoms with Crippen molar-refractivity contribution in [3.63, 3.8) is 0 Å². The van der Waals surface area contributed by atoms with Crippen LogP contribution in [0.25, 0.3) is 0 Å². The molecule has 1 aromatic carbocycles. The average molecular weight is 297 g/mol. The molecule has 1 fully saturated rings. The van der Waals surface area contributed by atoms with Gasteiger partial charge in [0.25, 0.3) is 0 Å². The lowest BCUT2D eigenvalue weighted by molar-refractivity contribution is -0.145. The average Bonchev–Trinajstić information content (AvgIpc) is 2.45. The number of sulfone groups is 1. The highest BCUT2D eigenvalue weighted by atomic mass is 32.2. The Hall–Kier alpha value is -1.56. The molecule has 20 heavy (non-hydrogen) atoms. The van der Waals surface area contributed by atoms with Gasteiger partial charge in [0.05, 0.1) is 23.6 Å². The summed E-state index contributed by atoms with van der Waals surface area (Å²) >= 11 is 0. The minimum Gasteiger partial charge on any atom is -0.469 e. The highest BCUT2D eigenvalue weighted by molar-refractivity contribution is 7.90. The summed E-state index contributed by atoms with van der Waals surface area (Å²) in [5.74, 6) is -0.423. The van der Waals surface area contributed by atoms with Crippen LogP contribution in [0.3, 0.4) is 0 Å². The van der Waals surface area contributed by atoms with E-state index in [0.717, 1.165) is 19.4 Å². The maximum Gasteiger partial charge on any atom is 0.310 e. The molecule has 1 atom stereocenters. The number of piperidine rings is 1. The molecular weight excluding hydrogens is 278 g/mol. The number of ether oxygens (including phenoxy) is 1. The summed E-state index contributed by atoms with van der Waals surface area (Å²) in [5, 5.41) is 0. The minimum absolute atomic E-state index is 0.193. The molecule has 0 N–H and O–H groups in total. The lowest BCUT2D eigenvalue weighted by Crippen LogP contribution is -2.39. The van der Waals surface area contributed by atoms with Crippen LogP contribution in [-0.4, -0.2) is 40.8 Å². The second kappa shape index (κ2) is 5.83. The first-order valence-corrected chi connectivity index (χ1v) is 8.44. The Labute approximate surface area is 119 Å². The third-order valence-electron chi connectivity index (χ3n) is 3.56. The number of benzene rings is 1. The van der Waals surface area contributed by atoms with E-state index in [4.69, 9.17) is 4.74 Å². The summed E-state index contributed by atoms with van der Waals surface area (Å²) < 4.78 is 28.5. The molecule has 0 bridgehead atoms. The number of esters is 1. The number of anilines is 1. The van der Waals surface area contributed by atoms with E-state index in [2.05, 4.69) is 0 Å². The van der Waals surface area contributed by atoms with Crippen molar-refractivity contribution in [2.45, 2.75) is 17.7 Å². The van der Waals surface area contributed by atoms with Gasteiger partial charge in [-0.25, -0.2) is 8.42 Å². The lowest BCUT2D eigenvalue weighted by Gasteiger charge is -2.34. The first-order valence-electron chi connectivity index (χ1n) is 6.55. The van der Waals surface area contributed by atoms with Crippen LogP contribution < -0.4 is 4.90 Å². The fourth-order valence-corrected chi connectivity index (χ4v) is 3.49. The fraction of sp³-hybridized carbons (Fsp3) is 0.500. The SMILES string of the molecule is COC(=O)[C@H]1CCCN(c2ccccc2S(C)(=O)=O)C1. The normalized spacial score (nSPS) is 19.7. The highest BCUT2D eigenvalue weighted by Gasteiger charge is 2.28. The van der Waals surface area contributed by atoms with Crippen molar-refractivity contribution >= 4 is 21.5 Å². The van der Waals surface area contributed by atoms with Crippen molar-refractivity contribution in [3.8, 4) is 0 Å². The van der Waals surface area contributed by atoms with Gasteiger partial charge < -0.3 is 9.64 Å². The molecular formula is C14H19NO4S. The molecule has 1 aliphatic heterocycles. The van der Waals surface area contributed by atoms with Gasteiger partial charge in [0.2, 0.25) is 0 Å². The second-order valence-electron chi connectivity index (χ2n) is 5.05. The predicted molar refractivity (Wildman–Crippen MR) is 76.5 cm³/mol. The molecule has 0 aromatic heterocycles. The topological polar surface area (TPSA) is 63.7 Å². The number of methoxy groups -OCH3 is 1. The second-order valence-corrected chi connectivity index (χ2v) is 7.03. The van der Waals surface area contributed by atoms with E-state index >= 15 is 0 Å². The van der Waals surface area contributed by atoms with Gasteiger partial charge in [-0.2, -0.15) is 0 Å². The van der Waals surface area contributed by atoms with Gasteiger partial charge in [-0.15, -0.1) is 0 Å². The molecule has 1 aliphatic rings. The predicted octanol–water partition coefficient (Wildman–Crippen LogP) is 1.48. The van der Waals surface area contributed by atoms with Crippen molar-refractivity contribution in [3.05, 3.63) is 24.3 Å². The summed E-state index contributed by atoms with van der Waals surface area (Å²) in [5.41, 5.74) is 0.670. The molecule has 0 saturated carbocycles. The van der Waals surface area contributed by atoms with Gasteiger partial charge in [0, 0.05) is 19.3 Å². The number of hydrogen-bond acceptors (Lipinski definition) is 5. The van der Waals surface area contributed by atoms with Crippen LogP contribution in [0.4, 0.5) is 5.69 Å². The summed E-state index contributed by atoms with van der Waals surface area (Å²) in [6.45, 7) is 1.25. The number of para-hydroxylation sites is 1. The smallest absolute Gasteiger partial charge is 0.310 e. The van der Waals surface area contributed by atoms with Crippen LogP contribution in [-0.2, 0) is 19.4 Å². The van der Waals surface area contributed by atoms with E-state index < -0.39 is 9.84 Å². The maximum absolute atomic E-state index is 11.8. The standard InChI is InChI=1S/C14H19NO4S/c1-19-14(16)11-6-5-9-15(10-11)12-7-3-4-8-13(12)20(2,17)18/h3-4,7-8,11H,5-6,9-10H2,1-2H3/t11-/m0/s1.